The molecule has 0 N–H and O–H groups in total. The zero-order chi connectivity index (χ0) is 20.4. The summed E-state index contributed by atoms with van der Waals surface area (Å²) in [5, 5.41) is 0. The minimum Gasteiger partial charge on any atom is -0.493 e. The Morgan fingerprint density at radius 2 is 1.83 bits per heavy atom. The molecule has 2 aromatic rings. The smallest absolute Gasteiger partial charge is 0.226 e. The molecule has 2 heterocycles. The predicted octanol–water partition coefficient (Wildman–Crippen LogP) is 4.10. The van der Waals surface area contributed by atoms with Crippen LogP contribution in [0.2, 0.25) is 0 Å². The lowest BCUT2D eigenvalue weighted by Gasteiger charge is -2.44. The molecule has 0 radical (unpaired) electrons. The lowest BCUT2D eigenvalue weighted by atomic mass is 9.81. The number of likely N-dealkylation sites (tertiary alicyclic amines) is 1. The molecule has 1 amide bonds. The fraction of sp³-hybridized carbons (Fsp3) is 0.417. The van der Waals surface area contributed by atoms with Crippen LogP contribution in [0.3, 0.4) is 0 Å². The first-order chi connectivity index (χ1) is 14.0. The quantitative estimate of drug-likeness (QED) is 0.785. The number of hydrogen-bond acceptors (Lipinski definition) is 4. The van der Waals surface area contributed by atoms with Crippen LogP contribution in [-0.4, -0.2) is 41.9 Å². The Kier molecular flexibility index (Phi) is 5.31. The molecule has 0 unspecified atom stereocenters. The number of rotatable bonds is 4. The van der Waals surface area contributed by atoms with Gasteiger partial charge in [-0.15, -0.1) is 0 Å². The van der Waals surface area contributed by atoms with Crippen LogP contribution in [0.1, 0.15) is 47.2 Å². The molecule has 0 bridgehead atoms. The highest BCUT2D eigenvalue weighted by molar-refractivity contribution is 6.01. The van der Waals surface area contributed by atoms with Gasteiger partial charge in [-0.3, -0.25) is 9.59 Å². The van der Waals surface area contributed by atoms with Crippen LogP contribution in [-0.2, 0) is 4.79 Å². The predicted molar refractivity (Wildman–Crippen MR) is 111 cm³/mol. The first-order valence-corrected chi connectivity index (χ1v) is 10.3. The van der Waals surface area contributed by atoms with Crippen molar-refractivity contribution in [1.82, 2.24) is 4.90 Å². The van der Waals surface area contributed by atoms with Crippen molar-refractivity contribution in [1.29, 1.82) is 0 Å². The molecule has 1 spiro atoms. The van der Waals surface area contributed by atoms with Gasteiger partial charge in [0.25, 0.3) is 0 Å². The van der Waals surface area contributed by atoms with Crippen LogP contribution in [0.15, 0.2) is 42.5 Å². The Morgan fingerprint density at radius 1 is 1.10 bits per heavy atom. The van der Waals surface area contributed by atoms with Crippen molar-refractivity contribution in [2.45, 2.75) is 45.1 Å². The van der Waals surface area contributed by atoms with Gasteiger partial charge >= 0.3 is 0 Å². The van der Waals surface area contributed by atoms with Crippen LogP contribution in [0.5, 0.6) is 11.5 Å². The van der Waals surface area contributed by atoms with E-state index in [2.05, 4.69) is 0 Å². The number of para-hydroxylation sites is 1. The number of piperidine rings is 1. The molecule has 0 aromatic heterocycles. The summed E-state index contributed by atoms with van der Waals surface area (Å²) < 4.78 is 12.1. The molecule has 1 fully saturated rings. The van der Waals surface area contributed by atoms with Gasteiger partial charge in [-0.2, -0.15) is 0 Å². The van der Waals surface area contributed by atoms with Gasteiger partial charge in [0.1, 0.15) is 17.1 Å². The summed E-state index contributed by atoms with van der Waals surface area (Å²) in [6.07, 6.45) is 2.10. The molecular weight excluding hydrogens is 366 g/mol. The van der Waals surface area contributed by atoms with Crippen molar-refractivity contribution < 1.29 is 19.1 Å². The van der Waals surface area contributed by atoms with Crippen LogP contribution in [0, 0.1) is 13.8 Å². The van der Waals surface area contributed by atoms with Gasteiger partial charge in [0.05, 0.1) is 25.0 Å². The van der Waals surface area contributed by atoms with Gasteiger partial charge in [0.2, 0.25) is 5.91 Å². The third kappa shape index (κ3) is 4.00. The molecular formula is C24H27NO4. The fourth-order valence-corrected chi connectivity index (χ4v) is 4.16. The maximum absolute atomic E-state index is 12.7. The standard InChI is InChI=1S/C24H27NO4/c1-17-8-9-20-21(26)16-24(29-23(20)18(17)2)11-13-25(14-12-24)22(27)10-15-28-19-6-4-3-5-7-19/h3-9H,10-16H2,1-2H3. The third-order valence-electron chi connectivity index (χ3n) is 6.13. The third-order valence-corrected chi connectivity index (χ3v) is 6.13. The van der Waals surface area contributed by atoms with Gasteiger partial charge in [0, 0.05) is 25.9 Å². The summed E-state index contributed by atoms with van der Waals surface area (Å²) >= 11 is 0. The van der Waals surface area contributed by atoms with Crippen molar-refractivity contribution in [3.05, 3.63) is 59.2 Å². The fourth-order valence-electron chi connectivity index (χ4n) is 4.16. The normalized spacial score (nSPS) is 17.6. The summed E-state index contributed by atoms with van der Waals surface area (Å²) in [6, 6.07) is 13.4. The molecule has 0 aliphatic carbocycles. The average molecular weight is 393 g/mol. The number of benzene rings is 2. The minimum absolute atomic E-state index is 0.0883. The number of amides is 1. The molecule has 152 valence electrons. The van der Waals surface area contributed by atoms with E-state index in [1.165, 1.54) is 0 Å². The van der Waals surface area contributed by atoms with E-state index in [0.29, 0.717) is 50.9 Å². The number of aryl methyl sites for hydroxylation is 1. The number of ether oxygens (including phenoxy) is 2. The average Bonchev–Trinajstić information content (AvgIpc) is 2.72. The lowest BCUT2D eigenvalue weighted by molar-refractivity contribution is -0.135. The van der Waals surface area contributed by atoms with E-state index < -0.39 is 5.60 Å². The lowest BCUT2D eigenvalue weighted by Crippen LogP contribution is -2.52. The highest BCUT2D eigenvalue weighted by Gasteiger charge is 2.44. The van der Waals surface area contributed by atoms with E-state index in [1.807, 2.05) is 61.2 Å². The second-order valence-corrected chi connectivity index (χ2v) is 8.06. The molecule has 2 aliphatic heterocycles. The first-order valence-electron chi connectivity index (χ1n) is 10.3. The number of carbonyl (C=O) groups is 2. The molecule has 29 heavy (non-hydrogen) atoms. The molecule has 4 rings (SSSR count). The van der Waals surface area contributed by atoms with E-state index in [1.54, 1.807) is 0 Å². The molecule has 2 aliphatic rings. The summed E-state index contributed by atoms with van der Waals surface area (Å²) in [5.74, 6) is 1.74. The Balaban J connectivity index is 1.34. The zero-order valence-electron chi connectivity index (χ0n) is 17.1. The van der Waals surface area contributed by atoms with Gasteiger partial charge in [0.15, 0.2) is 5.78 Å². The summed E-state index contributed by atoms with van der Waals surface area (Å²) in [5.41, 5.74) is 2.36. The first kappa shape index (κ1) is 19.5. The summed E-state index contributed by atoms with van der Waals surface area (Å²) in [6.45, 7) is 5.62. The number of hydrogen-bond donors (Lipinski definition) is 0. The van der Waals surface area contributed by atoms with Gasteiger partial charge in [-0.1, -0.05) is 24.3 Å². The maximum Gasteiger partial charge on any atom is 0.226 e. The Morgan fingerprint density at radius 3 is 2.55 bits per heavy atom. The number of nitrogens with zero attached hydrogens (tertiary/aromatic N) is 1. The van der Waals surface area contributed by atoms with Crippen molar-refractivity contribution in [2.75, 3.05) is 19.7 Å². The van der Waals surface area contributed by atoms with E-state index in [4.69, 9.17) is 9.47 Å². The second kappa shape index (κ2) is 7.90. The molecule has 0 saturated carbocycles. The number of fused-ring (bicyclic) bond motifs is 1. The Hall–Kier alpha value is -2.82. The van der Waals surface area contributed by atoms with Crippen LogP contribution < -0.4 is 9.47 Å². The van der Waals surface area contributed by atoms with E-state index >= 15 is 0 Å². The molecule has 1 saturated heterocycles. The van der Waals surface area contributed by atoms with Crippen LogP contribution in [0.4, 0.5) is 0 Å². The molecule has 2 aromatic carbocycles. The maximum atomic E-state index is 12.7. The summed E-state index contributed by atoms with van der Waals surface area (Å²) in [4.78, 5) is 27.2. The number of Topliss-reactive ketones (excluding diaryl/α,β-unsaturated/α-hetero) is 1. The van der Waals surface area contributed by atoms with Crippen molar-refractivity contribution in [3.63, 3.8) is 0 Å². The Labute approximate surface area is 171 Å². The van der Waals surface area contributed by atoms with Crippen molar-refractivity contribution in [2.24, 2.45) is 0 Å². The SMILES string of the molecule is Cc1ccc2c(c1C)OC1(CCN(C(=O)CCOc3ccccc3)CC1)CC2=O. The van der Waals surface area contributed by atoms with Gasteiger partial charge < -0.3 is 14.4 Å². The van der Waals surface area contributed by atoms with E-state index in [0.717, 1.165) is 22.6 Å². The second-order valence-electron chi connectivity index (χ2n) is 8.06. The van der Waals surface area contributed by atoms with Crippen molar-refractivity contribution in [3.8, 4) is 11.5 Å². The van der Waals surface area contributed by atoms with Gasteiger partial charge in [-0.05, 0) is 43.2 Å². The van der Waals surface area contributed by atoms with Crippen molar-refractivity contribution >= 4 is 11.7 Å². The van der Waals surface area contributed by atoms with E-state index in [-0.39, 0.29) is 11.7 Å². The minimum atomic E-state index is -0.486. The van der Waals surface area contributed by atoms with Gasteiger partial charge in [-0.25, -0.2) is 0 Å². The molecule has 5 heteroatoms. The Bertz CT molecular complexity index is 914. The molecule has 0 atom stereocenters. The number of carbonyl (C=O) groups excluding carboxylic acids is 2. The largest absolute Gasteiger partial charge is 0.493 e. The topological polar surface area (TPSA) is 55.8 Å². The molecule has 5 nitrogen and oxygen atoms in total. The highest BCUT2D eigenvalue weighted by atomic mass is 16.5. The highest BCUT2D eigenvalue weighted by Crippen LogP contribution is 2.41. The monoisotopic (exact) mass is 393 g/mol. The van der Waals surface area contributed by atoms with Crippen LogP contribution >= 0.6 is 0 Å². The van der Waals surface area contributed by atoms with Crippen LogP contribution in [0.25, 0.3) is 0 Å². The van der Waals surface area contributed by atoms with E-state index in [9.17, 15) is 9.59 Å². The summed E-state index contributed by atoms with van der Waals surface area (Å²) in [7, 11) is 0. The zero-order valence-corrected chi connectivity index (χ0v) is 17.1. The number of ketones is 1.